The molecule has 1 aliphatic heterocycles. The lowest BCUT2D eigenvalue weighted by Crippen LogP contribution is -2.61. The molecule has 1 fully saturated rings. The second-order valence-corrected chi connectivity index (χ2v) is 19.4. The zero-order chi connectivity index (χ0) is 52.8. The number of carbonyl (C=O) groups is 10. The number of amides is 9. The van der Waals surface area contributed by atoms with E-state index in [1.54, 1.807) is 39.8 Å². The first-order chi connectivity index (χ1) is 33.0. The van der Waals surface area contributed by atoms with Gasteiger partial charge in [-0.2, -0.15) is 24.4 Å². The lowest BCUT2D eigenvalue weighted by Gasteiger charge is -2.32. The topological polar surface area (TPSA) is 351 Å². The summed E-state index contributed by atoms with van der Waals surface area (Å²) in [7, 11) is 0. The smallest absolute Gasteiger partial charge is 0.326 e. The van der Waals surface area contributed by atoms with Crippen LogP contribution in [-0.2, 0) is 54.4 Å². The summed E-state index contributed by atoms with van der Waals surface area (Å²) in [6.45, 7) is 9.93. The molecular formula is C46H74N10O12S2. The molecule has 0 unspecified atom stereocenters. The summed E-state index contributed by atoms with van der Waals surface area (Å²) in [4.78, 5) is 134. The van der Waals surface area contributed by atoms with Crippen molar-refractivity contribution in [2.75, 3.05) is 30.9 Å². The molecule has 0 saturated carbocycles. The molecule has 70 heavy (non-hydrogen) atoms. The van der Waals surface area contributed by atoms with E-state index >= 15 is 0 Å². The SMILES string of the molecule is CC[C@H](C)[C@H](NC(=O)[C@@H]1CCCN1C(=O)[C@H](Cc1ccc(O)cc1)NC(=O)[C@@H](NC(=O)[C@H](CC(N)=O)NC(=O)CNC(=O)[C@H](CS)NC(=O)[C@H](CC(C)C)NC(=O)[C@@H](N)CCSC)[C@@H](C)CC)C(=O)O. The first-order valence-electron chi connectivity index (χ1n) is 23.5. The number of aromatic hydroxyl groups is 1. The Morgan fingerprint density at radius 2 is 1.36 bits per heavy atom. The van der Waals surface area contributed by atoms with Crippen molar-refractivity contribution in [3.8, 4) is 5.75 Å². The van der Waals surface area contributed by atoms with Crippen molar-refractivity contribution in [2.45, 2.75) is 141 Å². The summed E-state index contributed by atoms with van der Waals surface area (Å²) in [5, 5.41) is 37.5. The lowest BCUT2D eigenvalue weighted by molar-refractivity contribution is -0.146. The van der Waals surface area contributed by atoms with Crippen molar-refractivity contribution in [2.24, 2.45) is 29.2 Å². The molecule has 392 valence electrons. The molecule has 2 rings (SSSR count). The highest BCUT2D eigenvalue weighted by molar-refractivity contribution is 7.98. The Kier molecular flexibility index (Phi) is 26.1. The average molecular weight is 1020 g/mol. The Labute approximate surface area is 419 Å². The number of rotatable bonds is 30. The van der Waals surface area contributed by atoms with Gasteiger partial charge in [0.1, 0.15) is 48.0 Å². The Bertz CT molecular complexity index is 1980. The van der Waals surface area contributed by atoms with E-state index in [0.29, 0.717) is 37.0 Å². The quantitative estimate of drug-likeness (QED) is 0.0414. The molecule has 0 radical (unpaired) electrons. The summed E-state index contributed by atoms with van der Waals surface area (Å²) < 4.78 is 0. The molecule has 1 aromatic carbocycles. The molecule has 1 saturated heterocycles. The number of carboxylic acids is 1. The maximum Gasteiger partial charge on any atom is 0.326 e. The van der Waals surface area contributed by atoms with Crippen LogP contribution in [0.25, 0.3) is 0 Å². The predicted octanol–water partition coefficient (Wildman–Crippen LogP) is -0.941. The molecule has 24 heteroatoms. The minimum atomic E-state index is -1.65. The summed E-state index contributed by atoms with van der Waals surface area (Å²) in [6.07, 6.45) is 3.07. The minimum Gasteiger partial charge on any atom is -0.508 e. The van der Waals surface area contributed by atoms with Crippen molar-refractivity contribution in [1.82, 2.24) is 42.1 Å². The highest BCUT2D eigenvalue weighted by Crippen LogP contribution is 2.22. The standard InChI is InChI=1S/C46H74N10O12S2/c1-8-25(5)37(44(65)52-32(20-27-12-14-28(57)15-13-27)45(66)56-17-10-11-34(56)43(64)55-38(46(67)68)26(6)9-2)54-42(63)31(21-35(48)58)50-36(59)22-49-40(61)33(23-69)53-41(62)30(19-24(3)4)51-39(60)29(47)16-18-70-7/h12-15,24-26,29-34,37-38,57,69H,8-11,16-23,47H2,1-7H3,(H2,48,58)(H,49,61)(H,50,59)(H,51,60)(H,52,65)(H,53,62)(H,54,63)(H,55,64)(H,67,68)/t25-,26-,29-,30-,31-,32-,33-,34-,37-,38-/m0/s1. The number of hydrogen-bond donors (Lipinski definition) is 12. The number of thiol groups is 1. The molecule has 9 amide bonds. The molecule has 0 spiro atoms. The van der Waals surface area contributed by atoms with E-state index in [2.05, 4.69) is 49.8 Å². The molecule has 0 bridgehead atoms. The van der Waals surface area contributed by atoms with E-state index in [0.717, 1.165) is 0 Å². The van der Waals surface area contributed by atoms with Gasteiger partial charge in [0.15, 0.2) is 0 Å². The van der Waals surface area contributed by atoms with Gasteiger partial charge in [-0.05, 0) is 73.1 Å². The van der Waals surface area contributed by atoms with Crippen LogP contribution in [0.2, 0.25) is 0 Å². The Morgan fingerprint density at radius 3 is 1.91 bits per heavy atom. The normalized spacial score (nSPS) is 17.2. The zero-order valence-electron chi connectivity index (χ0n) is 41.1. The fourth-order valence-corrected chi connectivity index (χ4v) is 8.24. The number of phenolic OH excluding ortho intramolecular Hbond substituents is 1. The van der Waals surface area contributed by atoms with Crippen LogP contribution in [0.3, 0.4) is 0 Å². The van der Waals surface area contributed by atoms with Gasteiger partial charge in [-0.1, -0.05) is 66.5 Å². The molecule has 22 nitrogen and oxygen atoms in total. The van der Waals surface area contributed by atoms with E-state index in [1.807, 2.05) is 20.1 Å². The number of nitrogens with zero attached hydrogens (tertiary/aromatic N) is 1. The van der Waals surface area contributed by atoms with Crippen LogP contribution in [-0.4, -0.2) is 153 Å². The maximum absolute atomic E-state index is 14.4. The Morgan fingerprint density at radius 1 is 0.771 bits per heavy atom. The number of carbonyl (C=O) groups excluding carboxylic acids is 9. The highest BCUT2D eigenvalue weighted by Gasteiger charge is 2.41. The van der Waals surface area contributed by atoms with Gasteiger partial charge in [0, 0.05) is 18.7 Å². The molecule has 1 heterocycles. The molecule has 10 atom stereocenters. The maximum atomic E-state index is 14.4. The van der Waals surface area contributed by atoms with Crippen LogP contribution in [0, 0.1) is 17.8 Å². The van der Waals surface area contributed by atoms with Crippen LogP contribution in [0.1, 0.15) is 92.1 Å². The van der Waals surface area contributed by atoms with Gasteiger partial charge in [-0.25, -0.2) is 4.79 Å². The number of thioether (sulfide) groups is 1. The van der Waals surface area contributed by atoms with Crippen molar-refractivity contribution in [3.05, 3.63) is 29.8 Å². The van der Waals surface area contributed by atoms with Gasteiger partial charge in [-0.3, -0.25) is 43.2 Å². The number of aliphatic carboxylic acids is 1. The fraction of sp³-hybridized carbons (Fsp3) is 0.652. The summed E-state index contributed by atoms with van der Waals surface area (Å²) >= 11 is 5.69. The van der Waals surface area contributed by atoms with E-state index in [9.17, 15) is 58.2 Å². The van der Waals surface area contributed by atoms with Gasteiger partial charge < -0.3 is 63.8 Å². The van der Waals surface area contributed by atoms with E-state index < -0.39 is 132 Å². The third-order valence-corrected chi connectivity index (χ3v) is 13.0. The number of carboxylic acid groups (broad SMARTS) is 1. The van der Waals surface area contributed by atoms with Gasteiger partial charge in [-0.15, -0.1) is 0 Å². The third kappa shape index (κ3) is 19.6. The Balaban J connectivity index is 2.28. The lowest BCUT2D eigenvalue weighted by atomic mass is 9.96. The molecule has 1 aromatic rings. The first kappa shape index (κ1) is 60.5. The number of likely N-dealkylation sites (tertiary alicyclic amines) is 1. The number of benzene rings is 1. The number of primary amides is 1. The zero-order valence-corrected chi connectivity index (χ0v) is 42.8. The average Bonchev–Trinajstić information content (AvgIpc) is 3.81. The number of phenols is 1. The fourth-order valence-electron chi connectivity index (χ4n) is 7.49. The van der Waals surface area contributed by atoms with Crippen LogP contribution in [0.5, 0.6) is 5.75 Å². The van der Waals surface area contributed by atoms with Crippen LogP contribution in [0.4, 0.5) is 0 Å². The summed E-state index contributed by atoms with van der Waals surface area (Å²) in [6, 6.07) is -3.88. The highest BCUT2D eigenvalue weighted by atomic mass is 32.2. The summed E-state index contributed by atoms with van der Waals surface area (Å²) in [5.74, 6) is -9.03. The molecular weight excluding hydrogens is 949 g/mol. The Hall–Kier alpha value is -5.62. The van der Waals surface area contributed by atoms with Crippen LogP contribution >= 0.6 is 24.4 Å². The van der Waals surface area contributed by atoms with Crippen LogP contribution in [0.15, 0.2) is 24.3 Å². The van der Waals surface area contributed by atoms with E-state index in [4.69, 9.17) is 11.5 Å². The van der Waals surface area contributed by atoms with Gasteiger partial charge in [0.25, 0.3) is 0 Å². The largest absolute Gasteiger partial charge is 0.508 e. The second kappa shape index (κ2) is 30.2. The van der Waals surface area contributed by atoms with Crippen molar-refractivity contribution in [1.29, 1.82) is 0 Å². The number of nitrogens with one attached hydrogen (secondary N) is 7. The molecule has 13 N–H and O–H groups in total. The minimum absolute atomic E-state index is 0.0328. The summed E-state index contributed by atoms with van der Waals surface area (Å²) in [5.41, 5.74) is 12.0. The van der Waals surface area contributed by atoms with E-state index in [-0.39, 0.29) is 43.2 Å². The van der Waals surface area contributed by atoms with Gasteiger partial charge in [0.2, 0.25) is 53.2 Å². The van der Waals surface area contributed by atoms with Gasteiger partial charge >= 0.3 is 5.97 Å². The molecule has 0 aromatic heterocycles. The van der Waals surface area contributed by atoms with Crippen LogP contribution < -0.4 is 48.7 Å². The number of hydrogen-bond acceptors (Lipinski definition) is 14. The van der Waals surface area contributed by atoms with Crippen molar-refractivity contribution < 1.29 is 58.2 Å². The third-order valence-electron chi connectivity index (χ3n) is 12.0. The predicted molar refractivity (Wildman–Crippen MR) is 266 cm³/mol. The van der Waals surface area contributed by atoms with Crippen molar-refractivity contribution in [3.63, 3.8) is 0 Å². The molecule has 0 aliphatic carbocycles. The van der Waals surface area contributed by atoms with E-state index in [1.165, 1.54) is 28.8 Å². The number of nitrogens with two attached hydrogens (primary N) is 2. The first-order valence-corrected chi connectivity index (χ1v) is 25.5. The monoisotopic (exact) mass is 1020 g/mol. The van der Waals surface area contributed by atoms with Gasteiger partial charge in [0.05, 0.1) is 19.0 Å². The second-order valence-electron chi connectivity index (χ2n) is 18.0. The van der Waals surface area contributed by atoms with Crippen molar-refractivity contribution >= 4 is 83.5 Å². The molecule has 1 aliphatic rings.